The summed E-state index contributed by atoms with van der Waals surface area (Å²) in [4.78, 5) is 0. The average Bonchev–Trinajstić information content (AvgIpc) is 3.94. The number of hydrogen-bond donors (Lipinski definition) is 0. The third-order valence-electron chi connectivity index (χ3n) is 11.5. The van der Waals surface area contributed by atoms with E-state index in [-0.39, 0.29) is 0 Å². The first-order valence-electron chi connectivity index (χ1n) is 18.7. The fourth-order valence-electron chi connectivity index (χ4n) is 9.08. The summed E-state index contributed by atoms with van der Waals surface area (Å²) in [5.74, 6) is 0. The topological polar surface area (TPSA) is 31.2 Å². The number of furan rings is 2. The molecule has 3 nitrogen and oxygen atoms in total. The Balaban J connectivity index is 1.07. The maximum absolute atomic E-state index is 6.60. The molecule has 0 N–H and O–H groups in total. The second kappa shape index (κ2) is 11.6. The van der Waals surface area contributed by atoms with Crippen LogP contribution >= 0.6 is 0 Å². The monoisotopic (exact) mass is 701 g/mol. The minimum atomic E-state index is 0.822. The van der Waals surface area contributed by atoms with E-state index < -0.39 is 0 Å². The molecule has 0 unspecified atom stereocenters. The van der Waals surface area contributed by atoms with Crippen LogP contribution in [0.15, 0.2) is 197 Å². The summed E-state index contributed by atoms with van der Waals surface area (Å²) >= 11 is 0. The molecule has 9 aromatic carbocycles. The highest BCUT2D eigenvalue weighted by Crippen LogP contribution is 2.47. The number of rotatable bonds is 4. The molecule has 3 heterocycles. The van der Waals surface area contributed by atoms with Gasteiger partial charge in [0.15, 0.2) is 0 Å². The molecule has 3 aromatic heterocycles. The van der Waals surface area contributed by atoms with Crippen molar-refractivity contribution in [3.05, 3.63) is 188 Å². The predicted molar refractivity (Wildman–Crippen MR) is 229 cm³/mol. The molecule has 0 amide bonds. The van der Waals surface area contributed by atoms with E-state index in [1.807, 2.05) is 12.3 Å². The van der Waals surface area contributed by atoms with Gasteiger partial charge in [-0.3, -0.25) is 0 Å². The second-order valence-corrected chi connectivity index (χ2v) is 14.4. The van der Waals surface area contributed by atoms with Gasteiger partial charge in [0.05, 0.1) is 22.7 Å². The van der Waals surface area contributed by atoms with Crippen molar-refractivity contribution in [3.8, 4) is 39.1 Å². The summed E-state index contributed by atoms with van der Waals surface area (Å²) < 4.78 is 15.3. The van der Waals surface area contributed by atoms with Crippen LogP contribution in [-0.4, -0.2) is 4.57 Å². The largest absolute Gasteiger partial charge is 0.463 e. The molecular weight excluding hydrogens is 671 g/mol. The van der Waals surface area contributed by atoms with E-state index in [9.17, 15) is 0 Å². The first-order chi connectivity index (χ1) is 27.3. The highest BCUT2D eigenvalue weighted by Gasteiger charge is 2.21. The zero-order chi connectivity index (χ0) is 36.0. The van der Waals surface area contributed by atoms with Crippen molar-refractivity contribution in [2.24, 2.45) is 0 Å². The molecule has 0 aliphatic carbocycles. The molecule has 0 aliphatic heterocycles. The minimum Gasteiger partial charge on any atom is -0.463 e. The van der Waals surface area contributed by atoms with Crippen molar-refractivity contribution in [2.45, 2.75) is 0 Å². The lowest BCUT2D eigenvalue weighted by molar-refractivity contribution is 0.619. The van der Waals surface area contributed by atoms with Gasteiger partial charge in [-0.1, -0.05) is 127 Å². The minimum absolute atomic E-state index is 0.822. The van der Waals surface area contributed by atoms with Gasteiger partial charge in [-0.05, 0) is 104 Å². The fraction of sp³-hybridized carbons (Fsp3) is 0. The Kier molecular flexibility index (Phi) is 6.34. The molecule has 0 saturated carbocycles. The zero-order valence-corrected chi connectivity index (χ0v) is 29.7. The Morgan fingerprint density at radius 1 is 0.364 bits per heavy atom. The molecule has 0 radical (unpaired) electrons. The van der Waals surface area contributed by atoms with Crippen molar-refractivity contribution < 1.29 is 8.83 Å². The quantitative estimate of drug-likeness (QED) is 0.171. The maximum atomic E-state index is 6.60. The summed E-state index contributed by atoms with van der Waals surface area (Å²) in [5.41, 5.74) is 13.1. The van der Waals surface area contributed by atoms with Crippen molar-refractivity contribution in [3.63, 3.8) is 0 Å². The van der Waals surface area contributed by atoms with Crippen LogP contribution in [0.5, 0.6) is 0 Å². The van der Waals surface area contributed by atoms with E-state index >= 15 is 0 Å². The van der Waals surface area contributed by atoms with Crippen LogP contribution in [0.2, 0.25) is 0 Å². The number of aromatic nitrogens is 1. The van der Waals surface area contributed by atoms with Crippen LogP contribution in [0.3, 0.4) is 0 Å². The second-order valence-electron chi connectivity index (χ2n) is 14.4. The Hall–Kier alpha value is -7.36. The number of para-hydroxylation sites is 2. The van der Waals surface area contributed by atoms with Gasteiger partial charge < -0.3 is 13.4 Å². The molecule has 0 atom stereocenters. The van der Waals surface area contributed by atoms with Crippen molar-refractivity contribution in [2.75, 3.05) is 0 Å². The Bertz CT molecular complexity index is 3420. The molecule has 0 bridgehead atoms. The van der Waals surface area contributed by atoms with Gasteiger partial charge in [-0.15, -0.1) is 0 Å². The van der Waals surface area contributed by atoms with E-state index in [4.69, 9.17) is 8.83 Å². The standard InChI is InChI=1S/C52H31NO2/c1-3-13-32(14-4-1)44-31-54-52-41(44)26-28-47-51(52)42-25-23-34(30-48(42)55-47)50-39-20-9-7-18-37(39)49(38-19-8-10-21-40(38)50)33-24-27-46-43(29-33)36-17-11-12-22-45(36)53(46)35-15-5-2-6-16-35/h1-31H. The van der Waals surface area contributed by atoms with Crippen LogP contribution in [-0.2, 0) is 0 Å². The van der Waals surface area contributed by atoms with E-state index in [1.54, 1.807) is 0 Å². The molecule has 3 heteroatoms. The van der Waals surface area contributed by atoms with Crippen molar-refractivity contribution >= 4 is 76.3 Å². The van der Waals surface area contributed by atoms with Crippen LogP contribution in [0.1, 0.15) is 0 Å². The van der Waals surface area contributed by atoms with Crippen LogP contribution in [0.25, 0.3) is 115 Å². The normalized spacial score (nSPS) is 12.0. The molecular formula is C52H31NO2. The van der Waals surface area contributed by atoms with Gasteiger partial charge in [0.1, 0.15) is 16.7 Å². The van der Waals surface area contributed by atoms with E-state index in [0.29, 0.717) is 0 Å². The van der Waals surface area contributed by atoms with Crippen LogP contribution in [0, 0.1) is 0 Å². The molecule has 0 spiro atoms. The molecule has 12 aromatic rings. The lowest BCUT2D eigenvalue weighted by atomic mass is 9.85. The lowest BCUT2D eigenvalue weighted by Crippen LogP contribution is -1.93. The molecule has 256 valence electrons. The first kappa shape index (κ1) is 30.1. The third kappa shape index (κ3) is 4.38. The Morgan fingerprint density at radius 2 is 0.927 bits per heavy atom. The molecule has 0 saturated heterocycles. The SMILES string of the molecule is c1ccc(-c2coc3c2ccc2oc4cc(-c5c6ccccc6c(-c6ccc7c(c6)c6ccccc6n7-c6ccccc6)c6ccccc56)ccc4c23)cc1. The van der Waals surface area contributed by atoms with Gasteiger partial charge in [0.25, 0.3) is 0 Å². The Labute approximate surface area is 315 Å². The summed E-state index contributed by atoms with van der Waals surface area (Å²) in [7, 11) is 0. The lowest BCUT2D eigenvalue weighted by Gasteiger charge is -2.18. The number of nitrogens with zero attached hydrogens (tertiary/aromatic N) is 1. The highest BCUT2D eigenvalue weighted by molar-refractivity contribution is 6.24. The summed E-state index contributed by atoms with van der Waals surface area (Å²) in [6, 6.07) is 65.3. The summed E-state index contributed by atoms with van der Waals surface area (Å²) in [5, 5.41) is 10.5. The van der Waals surface area contributed by atoms with Gasteiger partial charge in [-0.2, -0.15) is 0 Å². The molecule has 0 fully saturated rings. The van der Waals surface area contributed by atoms with Gasteiger partial charge in [0.2, 0.25) is 0 Å². The highest BCUT2D eigenvalue weighted by atomic mass is 16.3. The first-order valence-corrected chi connectivity index (χ1v) is 18.7. The average molecular weight is 702 g/mol. The van der Waals surface area contributed by atoms with Crippen LogP contribution < -0.4 is 0 Å². The number of hydrogen-bond acceptors (Lipinski definition) is 2. The number of benzene rings is 9. The van der Waals surface area contributed by atoms with Crippen molar-refractivity contribution in [1.82, 2.24) is 4.57 Å². The maximum Gasteiger partial charge on any atom is 0.146 e. The Morgan fingerprint density at radius 3 is 1.64 bits per heavy atom. The smallest absolute Gasteiger partial charge is 0.146 e. The fourth-order valence-corrected chi connectivity index (χ4v) is 9.08. The van der Waals surface area contributed by atoms with E-state index in [2.05, 4.69) is 180 Å². The van der Waals surface area contributed by atoms with Crippen molar-refractivity contribution in [1.29, 1.82) is 0 Å². The number of fused-ring (bicyclic) bond motifs is 10. The molecule has 55 heavy (non-hydrogen) atoms. The van der Waals surface area contributed by atoms with Gasteiger partial charge in [0, 0.05) is 32.8 Å². The predicted octanol–water partition coefficient (Wildman–Crippen LogP) is 14.7. The molecule has 12 rings (SSSR count). The summed E-state index contributed by atoms with van der Waals surface area (Å²) in [6.07, 6.45) is 1.87. The molecule has 0 aliphatic rings. The van der Waals surface area contributed by atoms with Gasteiger partial charge in [-0.25, -0.2) is 0 Å². The van der Waals surface area contributed by atoms with Crippen LogP contribution in [0.4, 0.5) is 0 Å². The summed E-state index contributed by atoms with van der Waals surface area (Å²) in [6.45, 7) is 0. The van der Waals surface area contributed by atoms with Gasteiger partial charge >= 0.3 is 0 Å². The van der Waals surface area contributed by atoms with E-state index in [0.717, 1.165) is 55.3 Å². The van der Waals surface area contributed by atoms with E-state index in [1.165, 1.54) is 60.0 Å². The zero-order valence-electron chi connectivity index (χ0n) is 29.7. The third-order valence-corrected chi connectivity index (χ3v) is 11.5.